The molecule has 0 aromatic carbocycles. The Morgan fingerprint density at radius 3 is 2.78 bits per heavy atom. The van der Waals surface area contributed by atoms with Crippen molar-refractivity contribution in [3.8, 4) is 0 Å². The highest BCUT2D eigenvalue weighted by molar-refractivity contribution is 6.30. The zero-order chi connectivity index (χ0) is 6.91. The van der Waals surface area contributed by atoms with Gasteiger partial charge in [-0.05, 0) is 25.3 Å². The molecular weight excluding hydrogens is 138 g/mol. The van der Waals surface area contributed by atoms with Crippen LogP contribution in [0.5, 0.6) is 0 Å². The molecule has 1 aliphatic heterocycles. The average Bonchev–Trinajstić information content (AvgIpc) is 1.77. The minimum atomic E-state index is -1.07. The second-order valence-corrected chi connectivity index (χ2v) is 2.50. The summed E-state index contributed by atoms with van der Waals surface area (Å²) in [5.41, 5.74) is -1.07. The number of allylic oxidation sites excluding steroid dienone is 2. The second-order valence-electron chi connectivity index (χ2n) is 2.09. The van der Waals surface area contributed by atoms with Crippen molar-refractivity contribution in [2.45, 2.75) is 12.6 Å². The van der Waals surface area contributed by atoms with Crippen LogP contribution in [0.4, 0.5) is 0 Å². The van der Waals surface area contributed by atoms with Gasteiger partial charge in [-0.2, -0.15) is 0 Å². The van der Waals surface area contributed by atoms with Crippen LogP contribution in [0, 0.1) is 0 Å². The van der Waals surface area contributed by atoms with E-state index < -0.39 is 5.72 Å². The van der Waals surface area contributed by atoms with Gasteiger partial charge in [0.2, 0.25) is 0 Å². The van der Waals surface area contributed by atoms with Crippen LogP contribution in [0.15, 0.2) is 23.4 Å². The summed E-state index contributed by atoms with van der Waals surface area (Å²) in [6, 6.07) is 0. The fourth-order valence-electron chi connectivity index (χ4n) is 0.574. The maximum atomic E-state index is 9.28. The summed E-state index contributed by atoms with van der Waals surface area (Å²) in [6.45, 7) is 1.59. The fourth-order valence-corrected chi connectivity index (χ4v) is 0.701. The molecule has 2 nitrogen and oxygen atoms in total. The topological polar surface area (TPSA) is 32.3 Å². The monoisotopic (exact) mass is 145 g/mol. The van der Waals surface area contributed by atoms with Crippen molar-refractivity contribution in [1.82, 2.24) is 5.32 Å². The Bertz CT molecular complexity index is 172. The van der Waals surface area contributed by atoms with Crippen molar-refractivity contribution in [2.75, 3.05) is 0 Å². The van der Waals surface area contributed by atoms with Crippen molar-refractivity contribution in [2.24, 2.45) is 0 Å². The van der Waals surface area contributed by atoms with E-state index in [-0.39, 0.29) is 0 Å². The van der Waals surface area contributed by atoms with E-state index in [1.54, 1.807) is 25.3 Å². The zero-order valence-electron chi connectivity index (χ0n) is 5.06. The minimum Gasteiger partial charge on any atom is -0.366 e. The molecule has 0 radical (unpaired) electrons. The van der Waals surface area contributed by atoms with Crippen LogP contribution < -0.4 is 5.32 Å². The van der Waals surface area contributed by atoms with E-state index >= 15 is 0 Å². The van der Waals surface area contributed by atoms with E-state index in [0.717, 1.165) is 0 Å². The van der Waals surface area contributed by atoms with Crippen LogP contribution in [0.1, 0.15) is 6.92 Å². The number of rotatable bonds is 0. The molecule has 2 N–H and O–H groups in total. The molecule has 0 saturated heterocycles. The fraction of sp³-hybridized carbons (Fsp3) is 0.333. The summed E-state index contributed by atoms with van der Waals surface area (Å²) in [6.07, 6.45) is 5.03. The largest absolute Gasteiger partial charge is 0.366 e. The van der Waals surface area contributed by atoms with Gasteiger partial charge in [-0.1, -0.05) is 11.6 Å². The van der Waals surface area contributed by atoms with E-state index in [4.69, 9.17) is 11.6 Å². The third-order valence-corrected chi connectivity index (χ3v) is 1.66. The highest BCUT2D eigenvalue weighted by Gasteiger charge is 2.23. The van der Waals surface area contributed by atoms with Gasteiger partial charge in [0.05, 0.1) is 5.03 Å². The zero-order valence-corrected chi connectivity index (χ0v) is 5.81. The number of halogens is 1. The quantitative estimate of drug-likeness (QED) is 0.532. The first kappa shape index (κ1) is 6.65. The lowest BCUT2D eigenvalue weighted by atomic mass is 10.2. The van der Waals surface area contributed by atoms with Crippen molar-refractivity contribution in [1.29, 1.82) is 0 Å². The van der Waals surface area contributed by atoms with Gasteiger partial charge >= 0.3 is 0 Å². The van der Waals surface area contributed by atoms with Gasteiger partial charge < -0.3 is 10.4 Å². The van der Waals surface area contributed by atoms with Gasteiger partial charge in [-0.15, -0.1) is 0 Å². The lowest BCUT2D eigenvalue weighted by Crippen LogP contribution is -2.40. The van der Waals surface area contributed by atoms with Crippen LogP contribution in [0.3, 0.4) is 0 Å². The molecule has 0 aromatic rings. The van der Waals surface area contributed by atoms with Crippen LogP contribution in [-0.2, 0) is 0 Å². The molecule has 0 fully saturated rings. The molecule has 0 amide bonds. The summed E-state index contributed by atoms with van der Waals surface area (Å²) in [5, 5.41) is 12.4. The molecule has 1 rings (SSSR count). The molecule has 50 valence electrons. The first-order chi connectivity index (χ1) is 4.13. The standard InChI is InChI=1S/C6H8ClNO/c1-6(9)5(7)3-2-4-8-6/h2-4,8-9H,1H3. The molecule has 0 aliphatic carbocycles. The third-order valence-electron chi connectivity index (χ3n) is 1.17. The summed E-state index contributed by atoms with van der Waals surface area (Å²) in [7, 11) is 0. The molecule has 0 bridgehead atoms. The average molecular weight is 146 g/mol. The summed E-state index contributed by atoms with van der Waals surface area (Å²) in [5.74, 6) is 0. The molecule has 0 spiro atoms. The molecule has 1 unspecified atom stereocenters. The van der Waals surface area contributed by atoms with Crippen molar-refractivity contribution in [3.63, 3.8) is 0 Å². The Morgan fingerprint density at radius 2 is 2.44 bits per heavy atom. The maximum absolute atomic E-state index is 9.28. The van der Waals surface area contributed by atoms with E-state index in [1.807, 2.05) is 0 Å². The van der Waals surface area contributed by atoms with Crippen LogP contribution in [0.2, 0.25) is 0 Å². The Kier molecular flexibility index (Phi) is 1.51. The number of aliphatic hydroxyl groups is 1. The van der Waals surface area contributed by atoms with Gasteiger partial charge in [0.1, 0.15) is 0 Å². The van der Waals surface area contributed by atoms with Crippen molar-refractivity contribution >= 4 is 11.6 Å². The molecule has 1 heterocycles. The van der Waals surface area contributed by atoms with Gasteiger partial charge in [-0.3, -0.25) is 0 Å². The molecule has 3 heteroatoms. The van der Waals surface area contributed by atoms with Crippen LogP contribution >= 0.6 is 11.6 Å². The molecule has 1 aliphatic rings. The van der Waals surface area contributed by atoms with E-state index in [0.29, 0.717) is 5.03 Å². The van der Waals surface area contributed by atoms with E-state index in [9.17, 15) is 5.11 Å². The van der Waals surface area contributed by atoms with Crippen LogP contribution in [-0.4, -0.2) is 10.8 Å². The predicted molar refractivity (Wildman–Crippen MR) is 36.8 cm³/mol. The smallest absolute Gasteiger partial charge is 0.169 e. The maximum Gasteiger partial charge on any atom is 0.169 e. The van der Waals surface area contributed by atoms with Crippen molar-refractivity contribution < 1.29 is 5.11 Å². The highest BCUT2D eigenvalue weighted by atomic mass is 35.5. The second kappa shape index (κ2) is 2.05. The SMILES string of the molecule is CC1(O)NC=CC=C1Cl. The molecular formula is C6H8ClNO. The van der Waals surface area contributed by atoms with Gasteiger partial charge in [0, 0.05) is 0 Å². The molecule has 9 heavy (non-hydrogen) atoms. The third kappa shape index (κ3) is 1.26. The normalized spacial score (nSPS) is 33.4. The lowest BCUT2D eigenvalue weighted by molar-refractivity contribution is 0.0831. The first-order valence-corrected chi connectivity index (χ1v) is 3.03. The summed E-state index contributed by atoms with van der Waals surface area (Å²) in [4.78, 5) is 0. The Morgan fingerprint density at radius 1 is 1.78 bits per heavy atom. The van der Waals surface area contributed by atoms with Gasteiger partial charge in [-0.25, -0.2) is 0 Å². The summed E-state index contributed by atoms with van der Waals surface area (Å²) < 4.78 is 0. The molecule has 0 aromatic heterocycles. The number of dihydropyridines is 1. The van der Waals surface area contributed by atoms with E-state index in [1.165, 1.54) is 0 Å². The number of hydrogen-bond acceptors (Lipinski definition) is 2. The minimum absolute atomic E-state index is 0.407. The van der Waals surface area contributed by atoms with Gasteiger partial charge in [0.25, 0.3) is 0 Å². The Balaban J connectivity index is 2.83. The van der Waals surface area contributed by atoms with E-state index in [2.05, 4.69) is 5.32 Å². The Hall–Kier alpha value is -0.470. The van der Waals surface area contributed by atoms with Crippen LogP contribution in [0.25, 0.3) is 0 Å². The molecule has 1 atom stereocenters. The van der Waals surface area contributed by atoms with Crippen molar-refractivity contribution in [3.05, 3.63) is 23.4 Å². The predicted octanol–water partition coefficient (Wildman–Crippen LogP) is 0.934. The van der Waals surface area contributed by atoms with Gasteiger partial charge in [0.15, 0.2) is 5.72 Å². The Labute approximate surface area is 58.8 Å². The first-order valence-electron chi connectivity index (χ1n) is 2.66. The number of hydrogen-bond donors (Lipinski definition) is 2. The number of nitrogens with one attached hydrogen (secondary N) is 1. The highest BCUT2D eigenvalue weighted by Crippen LogP contribution is 2.19. The lowest BCUT2D eigenvalue weighted by Gasteiger charge is -2.24. The molecule has 0 saturated carbocycles. The summed E-state index contributed by atoms with van der Waals surface area (Å²) >= 11 is 5.61.